The Labute approximate surface area is 83.7 Å². The van der Waals surface area contributed by atoms with E-state index in [0.29, 0.717) is 10.4 Å². The number of nitrogens with two attached hydrogens (primary N) is 1. The molecule has 0 unspecified atom stereocenters. The molecule has 0 spiro atoms. The van der Waals surface area contributed by atoms with Crippen molar-refractivity contribution in [2.24, 2.45) is 0 Å². The maximum Gasteiger partial charge on any atom is 0.142 e. The highest BCUT2D eigenvalue weighted by atomic mass is 32.2. The van der Waals surface area contributed by atoms with Crippen LogP contribution in [0.2, 0.25) is 0 Å². The van der Waals surface area contributed by atoms with Crippen molar-refractivity contribution in [3.8, 4) is 0 Å². The number of halogens is 1. The zero-order valence-electron chi connectivity index (χ0n) is 7.00. The van der Waals surface area contributed by atoms with Crippen LogP contribution in [0.25, 0.3) is 10.1 Å². The zero-order chi connectivity index (χ0) is 9.42. The number of anilines is 1. The van der Waals surface area contributed by atoms with Crippen LogP contribution in [0.5, 0.6) is 0 Å². The van der Waals surface area contributed by atoms with Gasteiger partial charge in [0.05, 0.1) is 10.4 Å². The van der Waals surface area contributed by atoms with E-state index < -0.39 is 0 Å². The largest absolute Gasteiger partial charge is 0.398 e. The summed E-state index contributed by atoms with van der Waals surface area (Å²) < 4.78 is 14.0. The smallest absolute Gasteiger partial charge is 0.142 e. The monoisotopic (exact) mass is 213 g/mol. The van der Waals surface area contributed by atoms with Crippen LogP contribution < -0.4 is 5.73 Å². The van der Waals surface area contributed by atoms with Crippen molar-refractivity contribution in [3.63, 3.8) is 0 Å². The van der Waals surface area contributed by atoms with E-state index in [9.17, 15) is 4.39 Å². The Balaban J connectivity index is 2.80. The minimum Gasteiger partial charge on any atom is -0.398 e. The van der Waals surface area contributed by atoms with E-state index in [1.807, 2.05) is 12.3 Å². The SMILES string of the molecule is CSc1cc(F)c2scc(N)c2c1. The van der Waals surface area contributed by atoms with Crippen molar-refractivity contribution < 1.29 is 4.39 Å². The molecular weight excluding hydrogens is 205 g/mol. The Bertz CT molecular complexity index is 450. The van der Waals surface area contributed by atoms with E-state index in [2.05, 4.69) is 0 Å². The summed E-state index contributed by atoms with van der Waals surface area (Å²) in [5.74, 6) is -0.177. The van der Waals surface area contributed by atoms with Crippen LogP contribution >= 0.6 is 23.1 Å². The van der Waals surface area contributed by atoms with Crippen LogP contribution in [0.15, 0.2) is 22.4 Å². The maximum atomic E-state index is 13.4. The summed E-state index contributed by atoms with van der Waals surface area (Å²) in [5, 5.41) is 2.60. The summed E-state index contributed by atoms with van der Waals surface area (Å²) in [6.45, 7) is 0. The molecule has 0 amide bonds. The lowest BCUT2D eigenvalue weighted by atomic mass is 10.2. The third-order valence-corrected chi connectivity index (χ3v) is 3.60. The van der Waals surface area contributed by atoms with E-state index in [4.69, 9.17) is 5.73 Å². The van der Waals surface area contributed by atoms with Crippen molar-refractivity contribution in [1.29, 1.82) is 0 Å². The lowest BCUT2D eigenvalue weighted by Crippen LogP contribution is -1.82. The second-order valence-corrected chi connectivity index (χ2v) is 4.44. The van der Waals surface area contributed by atoms with Crippen LogP contribution in [0.4, 0.5) is 10.1 Å². The highest BCUT2D eigenvalue weighted by molar-refractivity contribution is 7.98. The Kier molecular flexibility index (Phi) is 2.17. The number of hydrogen-bond acceptors (Lipinski definition) is 3. The number of nitrogen functional groups attached to an aromatic ring is 1. The molecule has 1 aromatic carbocycles. The third-order valence-electron chi connectivity index (χ3n) is 1.87. The second kappa shape index (κ2) is 3.20. The fourth-order valence-electron chi connectivity index (χ4n) is 1.21. The first-order valence-corrected chi connectivity index (χ1v) is 5.83. The second-order valence-electron chi connectivity index (χ2n) is 2.68. The molecule has 2 rings (SSSR count). The summed E-state index contributed by atoms with van der Waals surface area (Å²) >= 11 is 2.87. The van der Waals surface area contributed by atoms with Gasteiger partial charge in [-0.05, 0) is 18.4 Å². The molecule has 4 heteroatoms. The van der Waals surface area contributed by atoms with E-state index in [-0.39, 0.29) is 5.82 Å². The number of thioether (sulfide) groups is 1. The molecule has 0 radical (unpaired) electrons. The normalized spacial score (nSPS) is 10.9. The van der Waals surface area contributed by atoms with Crippen LogP contribution in [0.3, 0.4) is 0 Å². The molecule has 0 aliphatic carbocycles. The van der Waals surface area contributed by atoms with E-state index in [0.717, 1.165) is 10.3 Å². The van der Waals surface area contributed by atoms with Gasteiger partial charge in [-0.15, -0.1) is 23.1 Å². The molecule has 68 valence electrons. The number of thiophene rings is 1. The lowest BCUT2D eigenvalue weighted by molar-refractivity contribution is 0.638. The Morgan fingerprint density at radius 3 is 2.92 bits per heavy atom. The molecular formula is C9H8FNS2. The molecule has 0 aliphatic rings. The predicted molar refractivity (Wildman–Crippen MR) is 58.0 cm³/mol. The lowest BCUT2D eigenvalue weighted by Gasteiger charge is -1.98. The maximum absolute atomic E-state index is 13.4. The van der Waals surface area contributed by atoms with Crippen molar-refractivity contribution in [1.82, 2.24) is 0 Å². The number of benzene rings is 1. The fraction of sp³-hybridized carbons (Fsp3) is 0.111. The molecule has 13 heavy (non-hydrogen) atoms. The Morgan fingerprint density at radius 2 is 2.23 bits per heavy atom. The van der Waals surface area contributed by atoms with Crippen LogP contribution in [0.1, 0.15) is 0 Å². The van der Waals surface area contributed by atoms with Crippen LogP contribution in [-0.4, -0.2) is 6.26 Å². The average Bonchev–Trinajstić information content (AvgIpc) is 2.48. The van der Waals surface area contributed by atoms with Gasteiger partial charge < -0.3 is 5.73 Å². The van der Waals surface area contributed by atoms with Gasteiger partial charge in [-0.3, -0.25) is 0 Å². The van der Waals surface area contributed by atoms with E-state index in [1.165, 1.54) is 23.1 Å². The number of rotatable bonds is 1. The van der Waals surface area contributed by atoms with Crippen molar-refractivity contribution >= 4 is 38.9 Å². The molecule has 2 N–H and O–H groups in total. The van der Waals surface area contributed by atoms with Gasteiger partial charge in [-0.1, -0.05) is 0 Å². The predicted octanol–water partition coefficient (Wildman–Crippen LogP) is 3.34. The fourth-order valence-corrected chi connectivity index (χ4v) is 2.51. The third kappa shape index (κ3) is 1.40. The summed E-state index contributed by atoms with van der Waals surface area (Å²) in [5.41, 5.74) is 6.37. The van der Waals surface area contributed by atoms with Crippen molar-refractivity contribution in [2.75, 3.05) is 12.0 Å². The molecule has 1 nitrogen and oxygen atoms in total. The zero-order valence-corrected chi connectivity index (χ0v) is 8.64. The highest BCUT2D eigenvalue weighted by Crippen LogP contribution is 2.33. The molecule has 0 aliphatic heterocycles. The molecule has 0 fully saturated rings. The summed E-state index contributed by atoms with van der Waals surface area (Å²) in [4.78, 5) is 0.912. The van der Waals surface area contributed by atoms with Crippen LogP contribution in [0, 0.1) is 5.82 Å². The van der Waals surface area contributed by atoms with Gasteiger partial charge in [0.25, 0.3) is 0 Å². The van der Waals surface area contributed by atoms with Crippen molar-refractivity contribution in [3.05, 3.63) is 23.3 Å². The minimum atomic E-state index is -0.177. The van der Waals surface area contributed by atoms with E-state index in [1.54, 1.807) is 11.4 Å². The summed E-state index contributed by atoms with van der Waals surface area (Å²) in [6, 6.07) is 3.47. The molecule has 0 saturated carbocycles. The van der Waals surface area contributed by atoms with Gasteiger partial charge in [-0.2, -0.15) is 0 Å². The number of hydrogen-bond donors (Lipinski definition) is 1. The summed E-state index contributed by atoms with van der Waals surface area (Å²) in [7, 11) is 0. The van der Waals surface area contributed by atoms with Gasteiger partial charge in [0, 0.05) is 15.7 Å². The standard InChI is InChI=1S/C9H8FNS2/c1-12-5-2-6-8(11)4-13-9(6)7(10)3-5/h2-4H,11H2,1H3. The molecule has 1 heterocycles. The first-order chi connectivity index (χ1) is 6.22. The first-order valence-electron chi connectivity index (χ1n) is 3.72. The Morgan fingerprint density at radius 1 is 1.46 bits per heavy atom. The van der Waals surface area contributed by atoms with Gasteiger partial charge >= 0.3 is 0 Å². The van der Waals surface area contributed by atoms with Gasteiger partial charge in [0.15, 0.2) is 0 Å². The van der Waals surface area contributed by atoms with Crippen molar-refractivity contribution in [2.45, 2.75) is 4.90 Å². The average molecular weight is 213 g/mol. The molecule has 0 bridgehead atoms. The van der Waals surface area contributed by atoms with Gasteiger partial charge in [0.1, 0.15) is 5.82 Å². The van der Waals surface area contributed by atoms with Crippen LogP contribution in [-0.2, 0) is 0 Å². The van der Waals surface area contributed by atoms with Gasteiger partial charge in [-0.25, -0.2) is 4.39 Å². The summed E-state index contributed by atoms with van der Waals surface area (Å²) in [6.07, 6.45) is 1.92. The van der Waals surface area contributed by atoms with E-state index >= 15 is 0 Å². The van der Waals surface area contributed by atoms with Gasteiger partial charge in [0.2, 0.25) is 0 Å². The first kappa shape index (κ1) is 8.84. The minimum absolute atomic E-state index is 0.177. The molecule has 0 saturated heterocycles. The molecule has 0 atom stereocenters. The molecule has 1 aromatic heterocycles. The number of fused-ring (bicyclic) bond motifs is 1. The topological polar surface area (TPSA) is 26.0 Å². The highest BCUT2D eigenvalue weighted by Gasteiger charge is 2.07. The Hall–Kier alpha value is -0.740. The molecule has 2 aromatic rings. The quantitative estimate of drug-likeness (QED) is 0.735.